The SMILES string of the molecule is Clc1ccc2nc(N3CCC(NCCc4cnc[nH]4)CC3)sc2c1. The minimum atomic E-state index is 0.591. The van der Waals surface area contributed by atoms with Gasteiger partial charge in [-0.15, -0.1) is 0 Å². The van der Waals surface area contributed by atoms with E-state index < -0.39 is 0 Å². The molecular formula is C17H20ClN5S. The average Bonchev–Trinajstić information content (AvgIpc) is 3.24. The molecule has 0 bridgehead atoms. The molecule has 7 heteroatoms. The van der Waals surface area contributed by atoms with Gasteiger partial charge in [-0.25, -0.2) is 9.97 Å². The summed E-state index contributed by atoms with van der Waals surface area (Å²) < 4.78 is 1.16. The van der Waals surface area contributed by atoms with E-state index in [4.69, 9.17) is 16.6 Å². The van der Waals surface area contributed by atoms with Crippen LogP contribution in [0, 0.1) is 0 Å². The number of halogens is 1. The van der Waals surface area contributed by atoms with E-state index in [-0.39, 0.29) is 0 Å². The number of hydrogen-bond donors (Lipinski definition) is 2. The van der Waals surface area contributed by atoms with Crippen molar-refractivity contribution in [2.24, 2.45) is 0 Å². The van der Waals surface area contributed by atoms with E-state index >= 15 is 0 Å². The number of imidazole rings is 1. The van der Waals surface area contributed by atoms with Gasteiger partial charge in [0.15, 0.2) is 5.13 Å². The summed E-state index contributed by atoms with van der Waals surface area (Å²) in [6, 6.07) is 6.50. The molecule has 3 aromatic rings. The van der Waals surface area contributed by atoms with Crippen LogP contribution in [0.1, 0.15) is 18.5 Å². The van der Waals surface area contributed by atoms with Gasteiger partial charge >= 0.3 is 0 Å². The average molecular weight is 362 g/mol. The van der Waals surface area contributed by atoms with Crippen LogP contribution in [0.25, 0.3) is 10.2 Å². The summed E-state index contributed by atoms with van der Waals surface area (Å²) in [6.07, 6.45) is 6.93. The monoisotopic (exact) mass is 361 g/mol. The van der Waals surface area contributed by atoms with Crippen LogP contribution in [0.2, 0.25) is 5.02 Å². The number of anilines is 1. The topological polar surface area (TPSA) is 56.8 Å². The summed E-state index contributed by atoms with van der Waals surface area (Å²) in [5.74, 6) is 0. The second-order valence-corrected chi connectivity index (χ2v) is 7.60. The van der Waals surface area contributed by atoms with E-state index in [1.54, 1.807) is 17.7 Å². The van der Waals surface area contributed by atoms with Gasteiger partial charge in [-0.2, -0.15) is 0 Å². The highest BCUT2D eigenvalue weighted by Gasteiger charge is 2.21. The predicted molar refractivity (Wildman–Crippen MR) is 100 cm³/mol. The van der Waals surface area contributed by atoms with Crippen molar-refractivity contribution in [1.29, 1.82) is 0 Å². The molecule has 1 aromatic carbocycles. The summed E-state index contributed by atoms with van der Waals surface area (Å²) >= 11 is 7.80. The Balaban J connectivity index is 1.30. The third kappa shape index (κ3) is 3.55. The van der Waals surface area contributed by atoms with Crippen LogP contribution in [0.5, 0.6) is 0 Å². The van der Waals surface area contributed by atoms with E-state index in [9.17, 15) is 0 Å². The van der Waals surface area contributed by atoms with Gasteiger partial charge in [-0.1, -0.05) is 22.9 Å². The van der Waals surface area contributed by atoms with Crippen molar-refractivity contribution < 1.29 is 0 Å². The largest absolute Gasteiger partial charge is 0.348 e. The molecule has 3 heterocycles. The Labute approximate surface area is 150 Å². The molecule has 0 atom stereocenters. The molecule has 126 valence electrons. The number of benzene rings is 1. The first-order valence-corrected chi connectivity index (χ1v) is 9.49. The van der Waals surface area contributed by atoms with Crippen molar-refractivity contribution in [2.75, 3.05) is 24.5 Å². The smallest absolute Gasteiger partial charge is 0.186 e. The van der Waals surface area contributed by atoms with Crippen LogP contribution >= 0.6 is 22.9 Å². The molecule has 0 spiro atoms. The molecule has 1 aliphatic rings. The van der Waals surface area contributed by atoms with Gasteiger partial charge in [0.2, 0.25) is 0 Å². The van der Waals surface area contributed by atoms with Gasteiger partial charge in [0.25, 0.3) is 0 Å². The lowest BCUT2D eigenvalue weighted by atomic mass is 10.1. The van der Waals surface area contributed by atoms with E-state index in [1.165, 1.54) is 5.69 Å². The van der Waals surface area contributed by atoms with Gasteiger partial charge in [0.05, 0.1) is 16.5 Å². The number of rotatable bonds is 5. The van der Waals surface area contributed by atoms with E-state index in [0.717, 1.165) is 59.3 Å². The lowest BCUT2D eigenvalue weighted by Gasteiger charge is -2.32. The molecule has 0 unspecified atom stereocenters. The maximum Gasteiger partial charge on any atom is 0.186 e. The Morgan fingerprint density at radius 2 is 2.21 bits per heavy atom. The Bertz CT molecular complexity index is 793. The number of aromatic amines is 1. The number of nitrogens with zero attached hydrogens (tertiary/aromatic N) is 3. The third-order valence-corrected chi connectivity index (χ3v) is 5.80. The summed E-state index contributed by atoms with van der Waals surface area (Å²) in [5, 5.41) is 5.55. The minimum Gasteiger partial charge on any atom is -0.348 e. The lowest BCUT2D eigenvalue weighted by Crippen LogP contribution is -2.43. The maximum absolute atomic E-state index is 6.07. The molecule has 0 saturated carbocycles. The van der Waals surface area contributed by atoms with Crippen molar-refractivity contribution in [3.63, 3.8) is 0 Å². The molecule has 1 aliphatic heterocycles. The second kappa shape index (κ2) is 7.09. The van der Waals surface area contributed by atoms with E-state index in [2.05, 4.69) is 20.2 Å². The van der Waals surface area contributed by atoms with Crippen LogP contribution in [0.3, 0.4) is 0 Å². The fraction of sp³-hybridized carbons (Fsp3) is 0.412. The molecule has 1 fully saturated rings. The van der Waals surface area contributed by atoms with Crippen LogP contribution in [0.4, 0.5) is 5.13 Å². The Kier molecular flexibility index (Phi) is 4.69. The van der Waals surface area contributed by atoms with Crippen molar-refractivity contribution in [3.8, 4) is 0 Å². The quantitative estimate of drug-likeness (QED) is 0.730. The van der Waals surface area contributed by atoms with Crippen molar-refractivity contribution >= 4 is 38.3 Å². The summed E-state index contributed by atoms with van der Waals surface area (Å²) in [6.45, 7) is 3.09. The van der Waals surface area contributed by atoms with Crippen molar-refractivity contribution in [2.45, 2.75) is 25.3 Å². The Morgan fingerprint density at radius 3 is 3.00 bits per heavy atom. The zero-order valence-electron chi connectivity index (χ0n) is 13.3. The van der Waals surface area contributed by atoms with Crippen LogP contribution in [-0.4, -0.2) is 40.6 Å². The molecule has 5 nitrogen and oxygen atoms in total. The normalized spacial score (nSPS) is 16.1. The number of H-pyrrole nitrogens is 1. The molecule has 2 N–H and O–H groups in total. The predicted octanol–water partition coefficient (Wildman–Crippen LogP) is 3.47. The van der Waals surface area contributed by atoms with Gasteiger partial charge in [0, 0.05) is 49.0 Å². The molecule has 0 amide bonds. The zero-order valence-corrected chi connectivity index (χ0v) is 14.9. The fourth-order valence-electron chi connectivity index (χ4n) is 3.13. The third-order valence-electron chi connectivity index (χ3n) is 4.49. The van der Waals surface area contributed by atoms with Crippen LogP contribution in [0.15, 0.2) is 30.7 Å². The number of piperidine rings is 1. The second-order valence-electron chi connectivity index (χ2n) is 6.15. The van der Waals surface area contributed by atoms with Crippen molar-refractivity contribution in [3.05, 3.63) is 41.4 Å². The van der Waals surface area contributed by atoms with Crippen molar-refractivity contribution in [1.82, 2.24) is 20.3 Å². The standard InChI is InChI=1S/C17H20ClN5S/c18-12-1-2-15-16(9-12)24-17(22-15)23-7-4-13(5-8-23)20-6-3-14-10-19-11-21-14/h1-2,9-11,13,20H,3-8H2,(H,19,21). The van der Waals surface area contributed by atoms with Crippen LogP contribution in [-0.2, 0) is 6.42 Å². The molecule has 4 rings (SSSR count). The molecule has 24 heavy (non-hydrogen) atoms. The van der Waals surface area contributed by atoms with E-state index in [1.807, 2.05) is 24.4 Å². The number of aromatic nitrogens is 3. The first-order chi connectivity index (χ1) is 11.8. The fourth-order valence-corrected chi connectivity index (χ4v) is 4.42. The highest BCUT2D eigenvalue weighted by Crippen LogP contribution is 2.32. The Hall–Kier alpha value is -1.63. The zero-order chi connectivity index (χ0) is 16.4. The molecular weight excluding hydrogens is 342 g/mol. The molecule has 1 saturated heterocycles. The summed E-state index contributed by atoms with van der Waals surface area (Å²) in [4.78, 5) is 14.3. The number of fused-ring (bicyclic) bond motifs is 1. The number of nitrogens with one attached hydrogen (secondary N) is 2. The minimum absolute atomic E-state index is 0.591. The highest BCUT2D eigenvalue weighted by molar-refractivity contribution is 7.22. The lowest BCUT2D eigenvalue weighted by molar-refractivity contribution is 0.417. The van der Waals surface area contributed by atoms with Gasteiger partial charge in [0.1, 0.15) is 0 Å². The molecule has 0 aliphatic carbocycles. The summed E-state index contributed by atoms with van der Waals surface area (Å²) in [7, 11) is 0. The van der Waals surface area contributed by atoms with Gasteiger partial charge < -0.3 is 15.2 Å². The number of hydrogen-bond acceptors (Lipinski definition) is 5. The highest BCUT2D eigenvalue weighted by atomic mass is 35.5. The Morgan fingerprint density at radius 1 is 1.33 bits per heavy atom. The first kappa shape index (κ1) is 15.9. The summed E-state index contributed by atoms with van der Waals surface area (Å²) in [5.41, 5.74) is 2.23. The van der Waals surface area contributed by atoms with E-state index in [0.29, 0.717) is 6.04 Å². The molecule has 2 aromatic heterocycles. The first-order valence-electron chi connectivity index (χ1n) is 8.29. The maximum atomic E-state index is 6.07. The van der Waals surface area contributed by atoms with Gasteiger partial charge in [-0.3, -0.25) is 0 Å². The van der Waals surface area contributed by atoms with Gasteiger partial charge in [-0.05, 0) is 31.0 Å². The molecule has 0 radical (unpaired) electrons. The van der Waals surface area contributed by atoms with Crippen LogP contribution < -0.4 is 10.2 Å². The number of thiazole rings is 1.